The van der Waals surface area contributed by atoms with Crippen LogP contribution in [0.5, 0.6) is 0 Å². The molecular formula is C16H23F3N4S. The molecule has 1 aromatic rings. The van der Waals surface area contributed by atoms with Crippen LogP contribution in [0, 0.1) is 5.41 Å². The lowest BCUT2D eigenvalue weighted by atomic mass is 9.68. The fourth-order valence-corrected chi connectivity index (χ4v) is 4.23. The van der Waals surface area contributed by atoms with Crippen LogP contribution in [0.15, 0.2) is 10.4 Å². The average molecular weight is 360 g/mol. The Morgan fingerprint density at radius 1 is 1.42 bits per heavy atom. The SMILES string of the molecule is CCNC(=NCCc1nc(C(F)(F)F)cs1)N1CCC2(CCC2)C1. The molecular weight excluding hydrogens is 337 g/mol. The van der Waals surface area contributed by atoms with E-state index >= 15 is 0 Å². The van der Waals surface area contributed by atoms with Crippen LogP contribution >= 0.6 is 11.3 Å². The normalized spacial score (nSPS) is 20.5. The Hall–Kier alpha value is -1.31. The highest BCUT2D eigenvalue weighted by molar-refractivity contribution is 7.09. The standard InChI is InChI=1S/C16H23F3N4S/c1-2-20-14(23-9-7-15(11-23)5-3-6-15)21-8-4-13-22-12(10-24-13)16(17,18)19/h10H,2-9,11H2,1H3,(H,20,21). The van der Waals surface area contributed by atoms with Crippen molar-refractivity contribution in [2.24, 2.45) is 10.4 Å². The zero-order valence-corrected chi connectivity index (χ0v) is 14.6. The lowest BCUT2D eigenvalue weighted by molar-refractivity contribution is -0.140. The van der Waals surface area contributed by atoms with Crippen LogP contribution in [0.2, 0.25) is 0 Å². The molecule has 3 rings (SSSR count). The second-order valence-corrected chi connectivity index (χ2v) is 7.58. The largest absolute Gasteiger partial charge is 0.434 e. The molecule has 0 atom stereocenters. The second kappa shape index (κ2) is 6.90. The second-order valence-electron chi connectivity index (χ2n) is 6.64. The maximum Gasteiger partial charge on any atom is 0.434 e. The number of alkyl halides is 3. The maximum absolute atomic E-state index is 12.6. The Kier molecular flexibility index (Phi) is 5.03. The van der Waals surface area contributed by atoms with E-state index in [4.69, 9.17) is 0 Å². The van der Waals surface area contributed by atoms with E-state index < -0.39 is 11.9 Å². The van der Waals surface area contributed by atoms with Crippen LogP contribution in [0.3, 0.4) is 0 Å². The molecule has 0 amide bonds. The number of nitrogens with one attached hydrogen (secondary N) is 1. The minimum Gasteiger partial charge on any atom is -0.357 e. The van der Waals surface area contributed by atoms with Crippen molar-refractivity contribution in [1.29, 1.82) is 0 Å². The number of nitrogens with zero attached hydrogens (tertiary/aromatic N) is 3. The first-order valence-corrected chi connectivity index (χ1v) is 9.35. The molecule has 2 heterocycles. The summed E-state index contributed by atoms with van der Waals surface area (Å²) in [7, 11) is 0. The van der Waals surface area contributed by atoms with Gasteiger partial charge in [0.1, 0.15) is 0 Å². The Balaban J connectivity index is 1.57. The van der Waals surface area contributed by atoms with Gasteiger partial charge in [0.05, 0.1) is 5.01 Å². The monoisotopic (exact) mass is 360 g/mol. The van der Waals surface area contributed by atoms with Gasteiger partial charge in [-0.1, -0.05) is 6.42 Å². The Bertz CT molecular complexity index is 592. The molecule has 134 valence electrons. The van der Waals surface area contributed by atoms with E-state index in [0.29, 0.717) is 23.4 Å². The maximum atomic E-state index is 12.6. The van der Waals surface area contributed by atoms with Gasteiger partial charge in [-0.3, -0.25) is 4.99 Å². The Morgan fingerprint density at radius 3 is 2.75 bits per heavy atom. The van der Waals surface area contributed by atoms with Gasteiger partial charge in [-0.2, -0.15) is 13.2 Å². The van der Waals surface area contributed by atoms with E-state index in [0.717, 1.165) is 42.3 Å². The molecule has 2 aliphatic rings. The molecule has 1 aromatic heterocycles. The summed E-state index contributed by atoms with van der Waals surface area (Å²) in [6.07, 6.45) is 1.24. The lowest BCUT2D eigenvalue weighted by Crippen LogP contribution is -2.42. The predicted molar refractivity (Wildman–Crippen MR) is 89.3 cm³/mol. The molecule has 0 aromatic carbocycles. The summed E-state index contributed by atoms with van der Waals surface area (Å²) in [4.78, 5) is 10.6. The molecule has 0 bridgehead atoms. The molecule has 1 aliphatic heterocycles. The van der Waals surface area contributed by atoms with Crippen LogP contribution in [0.25, 0.3) is 0 Å². The molecule has 0 unspecified atom stereocenters. The molecule has 4 nitrogen and oxygen atoms in total. The van der Waals surface area contributed by atoms with Crippen LogP contribution in [0.1, 0.15) is 43.3 Å². The van der Waals surface area contributed by atoms with Crippen molar-refractivity contribution in [2.45, 2.75) is 45.2 Å². The molecule has 1 saturated heterocycles. The summed E-state index contributed by atoms with van der Waals surface area (Å²) in [5.41, 5.74) is -0.308. The third-order valence-corrected chi connectivity index (χ3v) is 5.82. The fraction of sp³-hybridized carbons (Fsp3) is 0.750. The van der Waals surface area contributed by atoms with Gasteiger partial charge in [0.15, 0.2) is 11.7 Å². The van der Waals surface area contributed by atoms with Gasteiger partial charge in [-0.15, -0.1) is 11.3 Å². The topological polar surface area (TPSA) is 40.5 Å². The molecule has 1 saturated carbocycles. The summed E-state index contributed by atoms with van der Waals surface area (Å²) in [6.45, 7) is 5.34. The van der Waals surface area contributed by atoms with Crippen LogP contribution in [-0.4, -0.2) is 42.0 Å². The van der Waals surface area contributed by atoms with E-state index in [1.165, 1.54) is 25.7 Å². The Morgan fingerprint density at radius 2 is 2.21 bits per heavy atom. The molecule has 0 radical (unpaired) electrons. The van der Waals surface area contributed by atoms with E-state index in [2.05, 4.69) is 20.2 Å². The van der Waals surface area contributed by atoms with Crippen molar-refractivity contribution in [3.05, 3.63) is 16.1 Å². The highest BCUT2D eigenvalue weighted by Gasteiger charge is 2.43. The molecule has 1 spiro atoms. The van der Waals surface area contributed by atoms with Crippen molar-refractivity contribution in [1.82, 2.24) is 15.2 Å². The Labute approximate surface area is 144 Å². The number of likely N-dealkylation sites (tertiary alicyclic amines) is 1. The van der Waals surface area contributed by atoms with Crippen molar-refractivity contribution < 1.29 is 13.2 Å². The molecule has 1 N–H and O–H groups in total. The van der Waals surface area contributed by atoms with E-state index in [-0.39, 0.29) is 0 Å². The first kappa shape index (κ1) is 17.5. The van der Waals surface area contributed by atoms with Crippen molar-refractivity contribution >= 4 is 17.3 Å². The lowest BCUT2D eigenvalue weighted by Gasteiger charge is -2.38. The number of aliphatic imine (C=N–C) groups is 1. The summed E-state index contributed by atoms with van der Waals surface area (Å²) in [5.74, 6) is 0.883. The number of hydrogen-bond donors (Lipinski definition) is 1. The third-order valence-electron chi connectivity index (χ3n) is 4.92. The van der Waals surface area contributed by atoms with Gasteiger partial charge in [0.2, 0.25) is 0 Å². The molecule has 2 fully saturated rings. The van der Waals surface area contributed by atoms with E-state index in [1.54, 1.807) is 0 Å². The quantitative estimate of drug-likeness (QED) is 0.659. The molecule has 1 aliphatic carbocycles. The molecule has 8 heteroatoms. The van der Waals surface area contributed by atoms with Gasteiger partial charge in [0.25, 0.3) is 0 Å². The van der Waals surface area contributed by atoms with Gasteiger partial charge in [0, 0.05) is 38.0 Å². The van der Waals surface area contributed by atoms with Crippen LogP contribution < -0.4 is 5.32 Å². The number of hydrogen-bond acceptors (Lipinski definition) is 3. The van der Waals surface area contributed by atoms with E-state index in [9.17, 15) is 13.2 Å². The highest BCUT2D eigenvalue weighted by atomic mass is 32.1. The van der Waals surface area contributed by atoms with Gasteiger partial charge in [-0.25, -0.2) is 4.98 Å². The average Bonchev–Trinajstić information content (AvgIpc) is 3.12. The summed E-state index contributed by atoms with van der Waals surface area (Å²) < 4.78 is 37.7. The predicted octanol–water partition coefficient (Wildman–Crippen LogP) is 3.55. The van der Waals surface area contributed by atoms with Gasteiger partial charge < -0.3 is 10.2 Å². The summed E-state index contributed by atoms with van der Waals surface area (Å²) in [6, 6.07) is 0. The zero-order chi connectivity index (χ0) is 17.2. The molecule has 24 heavy (non-hydrogen) atoms. The number of aromatic nitrogens is 1. The summed E-state index contributed by atoms with van der Waals surface area (Å²) >= 11 is 1.05. The third kappa shape index (κ3) is 3.84. The van der Waals surface area contributed by atoms with Gasteiger partial charge >= 0.3 is 6.18 Å². The summed E-state index contributed by atoms with van der Waals surface area (Å²) in [5, 5.41) is 4.86. The number of thiazole rings is 1. The smallest absolute Gasteiger partial charge is 0.357 e. The van der Waals surface area contributed by atoms with Crippen molar-refractivity contribution in [2.75, 3.05) is 26.2 Å². The number of rotatable bonds is 4. The van der Waals surface area contributed by atoms with E-state index in [1.807, 2.05) is 6.92 Å². The van der Waals surface area contributed by atoms with Crippen LogP contribution in [-0.2, 0) is 12.6 Å². The highest BCUT2D eigenvalue weighted by Crippen LogP contribution is 2.47. The van der Waals surface area contributed by atoms with Crippen LogP contribution in [0.4, 0.5) is 13.2 Å². The minimum atomic E-state index is -4.36. The fourth-order valence-electron chi connectivity index (χ4n) is 3.44. The minimum absolute atomic E-state index is 0.439. The van der Waals surface area contributed by atoms with Crippen molar-refractivity contribution in [3.63, 3.8) is 0 Å². The first-order valence-electron chi connectivity index (χ1n) is 8.47. The van der Waals surface area contributed by atoms with Gasteiger partial charge in [-0.05, 0) is 31.6 Å². The van der Waals surface area contributed by atoms with Crippen molar-refractivity contribution in [3.8, 4) is 0 Å². The zero-order valence-electron chi connectivity index (χ0n) is 13.8. The first-order chi connectivity index (χ1) is 11.4. The number of halogens is 3. The number of guanidine groups is 1.